The summed E-state index contributed by atoms with van der Waals surface area (Å²) in [5, 5.41) is 0. The lowest BCUT2D eigenvalue weighted by molar-refractivity contribution is -0.0207. The van der Waals surface area contributed by atoms with Crippen LogP contribution in [0.25, 0.3) is 0 Å². The first-order valence-electron chi connectivity index (χ1n) is 17.4. The van der Waals surface area contributed by atoms with Crippen molar-refractivity contribution in [3.8, 4) is 0 Å². The Kier molecular flexibility index (Phi) is 8.96. The molecule has 0 aromatic carbocycles. The highest BCUT2D eigenvalue weighted by Gasteiger charge is 2.74. The van der Waals surface area contributed by atoms with Crippen molar-refractivity contribution in [3.63, 3.8) is 0 Å². The average Bonchev–Trinajstić information content (AvgIpc) is 3.69. The topological polar surface area (TPSA) is 27.7 Å². The maximum absolute atomic E-state index is 6.94. The van der Waals surface area contributed by atoms with Crippen LogP contribution in [0.5, 0.6) is 0 Å². The fourth-order valence-corrected chi connectivity index (χ4v) is 13.1. The van der Waals surface area contributed by atoms with Gasteiger partial charge >= 0.3 is 0 Å². The molecule has 6 aliphatic carbocycles. The van der Waals surface area contributed by atoms with Crippen molar-refractivity contribution in [2.75, 3.05) is 38.3 Å². The van der Waals surface area contributed by atoms with E-state index in [1.807, 2.05) is 0 Å². The van der Waals surface area contributed by atoms with E-state index in [1.54, 1.807) is 0 Å². The minimum atomic E-state index is -0.154. The van der Waals surface area contributed by atoms with Crippen LogP contribution in [0.4, 0.5) is 0 Å². The van der Waals surface area contributed by atoms with E-state index in [2.05, 4.69) is 62.3 Å². The number of hydrogen-bond donors (Lipinski definition) is 0. The molecule has 41 heavy (non-hydrogen) atoms. The molecule has 6 fully saturated rings. The van der Waals surface area contributed by atoms with E-state index in [-0.39, 0.29) is 37.1 Å². The van der Waals surface area contributed by atoms with Gasteiger partial charge in [0, 0.05) is 0 Å². The smallest absolute Gasteiger partial charge is 0.0773 e. The molecule has 0 aromatic heterocycles. The SMILES string of the molecule is CC1CCC2C(C)(C)C2(OCCP(CCOC23CC(C)CCC2C3(C)C)CCOC23CC(C)CCC2C3(C)C)C1.Cl. The summed E-state index contributed by atoms with van der Waals surface area (Å²) >= 11 is 0. The molecule has 6 rings (SSSR count). The van der Waals surface area contributed by atoms with Gasteiger partial charge in [0.05, 0.1) is 36.6 Å². The summed E-state index contributed by atoms with van der Waals surface area (Å²) in [4.78, 5) is 0. The van der Waals surface area contributed by atoms with E-state index in [1.165, 1.54) is 76.3 Å². The summed E-state index contributed by atoms with van der Waals surface area (Å²) < 4.78 is 20.8. The van der Waals surface area contributed by atoms with Gasteiger partial charge in [-0.3, -0.25) is 0 Å². The Bertz CT molecular complexity index is 832. The van der Waals surface area contributed by atoms with Gasteiger partial charge in [-0.25, -0.2) is 0 Å². The fourth-order valence-electron chi connectivity index (χ4n) is 11.4. The van der Waals surface area contributed by atoms with Crippen molar-refractivity contribution in [2.24, 2.45) is 51.8 Å². The molecule has 0 spiro atoms. The second-order valence-corrected chi connectivity index (χ2v) is 20.2. The molecular formula is C36H64ClO3P. The molecule has 0 N–H and O–H groups in total. The number of rotatable bonds is 12. The van der Waals surface area contributed by atoms with Crippen molar-refractivity contribution in [3.05, 3.63) is 0 Å². The maximum Gasteiger partial charge on any atom is 0.0773 e. The van der Waals surface area contributed by atoms with Crippen LogP contribution in [-0.2, 0) is 14.2 Å². The molecule has 238 valence electrons. The van der Waals surface area contributed by atoms with Crippen LogP contribution in [0, 0.1) is 51.8 Å². The zero-order valence-corrected chi connectivity index (χ0v) is 29.9. The molecule has 0 heterocycles. The molecule has 0 saturated heterocycles. The van der Waals surface area contributed by atoms with Crippen LogP contribution in [0.2, 0.25) is 0 Å². The van der Waals surface area contributed by atoms with Crippen LogP contribution in [-0.4, -0.2) is 55.1 Å². The van der Waals surface area contributed by atoms with Crippen LogP contribution in [0.3, 0.4) is 0 Å². The average molecular weight is 611 g/mol. The first-order valence-corrected chi connectivity index (χ1v) is 19.3. The van der Waals surface area contributed by atoms with Crippen LogP contribution >= 0.6 is 20.3 Å². The van der Waals surface area contributed by atoms with E-state index in [0.29, 0.717) is 16.2 Å². The summed E-state index contributed by atoms with van der Waals surface area (Å²) in [5.74, 6) is 4.74. The zero-order chi connectivity index (χ0) is 28.8. The number of halogens is 1. The van der Waals surface area contributed by atoms with Gasteiger partial charge in [-0.2, -0.15) is 0 Å². The third kappa shape index (κ3) is 5.13. The lowest BCUT2D eigenvalue weighted by Crippen LogP contribution is -2.30. The molecule has 5 heteroatoms. The van der Waals surface area contributed by atoms with Crippen molar-refractivity contribution < 1.29 is 14.2 Å². The quantitative estimate of drug-likeness (QED) is 0.206. The van der Waals surface area contributed by atoms with E-state index in [9.17, 15) is 0 Å². The summed E-state index contributed by atoms with van der Waals surface area (Å²) in [6.45, 7) is 24.9. The monoisotopic (exact) mass is 610 g/mol. The summed E-state index contributed by atoms with van der Waals surface area (Å²) in [6.07, 6.45) is 15.7. The third-order valence-corrected chi connectivity index (χ3v) is 16.9. The number of ether oxygens (including phenoxy) is 3. The Morgan fingerprint density at radius 1 is 0.488 bits per heavy atom. The lowest BCUT2D eigenvalue weighted by atomic mass is 9.88. The first-order chi connectivity index (χ1) is 18.7. The van der Waals surface area contributed by atoms with Gasteiger partial charge in [-0.1, -0.05) is 89.5 Å². The van der Waals surface area contributed by atoms with E-state index in [4.69, 9.17) is 14.2 Å². The second kappa shape index (κ2) is 11.1. The Morgan fingerprint density at radius 3 is 1.02 bits per heavy atom. The second-order valence-electron chi connectivity index (χ2n) is 17.5. The van der Waals surface area contributed by atoms with Crippen LogP contribution in [0.1, 0.15) is 120 Å². The Balaban J connectivity index is 0.00000337. The molecule has 3 nitrogen and oxygen atoms in total. The van der Waals surface area contributed by atoms with Crippen molar-refractivity contribution >= 4 is 20.3 Å². The van der Waals surface area contributed by atoms with E-state index in [0.717, 1.165) is 55.3 Å². The summed E-state index contributed by atoms with van der Waals surface area (Å²) in [6, 6.07) is 0. The summed E-state index contributed by atoms with van der Waals surface area (Å²) in [5.41, 5.74) is 1.55. The highest BCUT2D eigenvalue weighted by Crippen LogP contribution is 2.73. The standard InChI is InChI=1S/C36H63O3P.ClH/c1-25-10-13-28-31(4,5)34(28,22-25)37-16-19-40(20-17-38-35-23-26(2)11-14-29(35)32(35,6)7)21-18-39-36-24-27(3)12-15-30(36)33(36,8)9;/h25-30H,10-24H2,1-9H3;1H. The third-order valence-electron chi connectivity index (χ3n) is 14.4. The van der Waals surface area contributed by atoms with Crippen molar-refractivity contribution in [1.82, 2.24) is 0 Å². The highest BCUT2D eigenvalue weighted by atomic mass is 35.5. The fraction of sp³-hybridized carbons (Fsp3) is 1.00. The molecule has 0 radical (unpaired) electrons. The van der Waals surface area contributed by atoms with Gasteiger partial charge in [-0.05, 0) is 109 Å². The van der Waals surface area contributed by atoms with Crippen LogP contribution in [0.15, 0.2) is 0 Å². The van der Waals surface area contributed by atoms with Crippen molar-refractivity contribution in [2.45, 2.75) is 137 Å². The largest absolute Gasteiger partial charge is 0.374 e. The molecule has 9 atom stereocenters. The molecule has 0 amide bonds. The van der Waals surface area contributed by atoms with Gasteiger partial charge in [0.1, 0.15) is 0 Å². The van der Waals surface area contributed by atoms with Gasteiger partial charge in [0.25, 0.3) is 0 Å². The Hall–Kier alpha value is 0.600. The van der Waals surface area contributed by atoms with E-state index < -0.39 is 0 Å². The molecular weight excluding hydrogens is 547 g/mol. The predicted molar refractivity (Wildman–Crippen MR) is 176 cm³/mol. The van der Waals surface area contributed by atoms with Crippen molar-refractivity contribution in [1.29, 1.82) is 0 Å². The molecule has 0 aliphatic heterocycles. The minimum Gasteiger partial charge on any atom is -0.374 e. The zero-order valence-electron chi connectivity index (χ0n) is 28.2. The van der Waals surface area contributed by atoms with Crippen LogP contribution < -0.4 is 0 Å². The van der Waals surface area contributed by atoms with Gasteiger partial charge in [-0.15, -0.1) is 12.4 Å². The molecule has 6 saturated carbocycles. The Morgan fingerprint density at radius 2 is 0.756 bits per heavy atom. The Labute approximate surface area is 260 Å². The highest BCUT2D eigenvalue weighted by molar-refractivity contribution is 7.57. The molecule has 9 unspecified atom stereocenters. The number of hydrogen-bond acceptors (Lipinski definition) is 3. The van der Waals surface area contributed by atoms with Gasteiger partial charge < -0.3 is 14.2 Å². The first kappa shape index (κ1) is 33.0. The predicted octanol–water partition coefficient (Wildman–Crippen LogP) is 9.58. The lowest BCUT2D eigenvalue weighted by Gasteiger charge is -2.31. The maximum atomic E-state index is 6.94. The minimum absolute atomic E-state index is 0. The molecule has 0 bridgehead atoms. The van der Waals surface area contributed by atoms with Gasteiger partial charge in [0.15, 0.2) is 0 Å². The molecule has 0 aromatic rings. The summed E-state index contributed by atoms with van der Waals surface area (Å²) in [7, 11) is -0.154. The van der Waals surface area contributed by atoms with E-state index >= 15 is 0 Å². The molecule has 6 aliphatic rings. The van der Waals surface area contributed by atoms with Gasteiger partial charge in [0.2, 0.25) is 0 Å². The number of fused-ring (bicyclic) bond motifs is 3. The normalized spacial score (nSPS) is 46.8.